The quantitative estimate of drug-likeness (QED) is 0.0584. The van der Waals surface area contributed by atoms with E-state index < -0.39 is 142 Å². The summed E-state index contributed by atoms with van der Waals surface area (Å²) in [4.78, 5) is 54.1. The van der Waals surface area contributed by atoms with Crippen molar-refractivity contribution in [1.29, 1.82) is 0 Å². The number of carbonyl (C=O) groups is 4. The third-order valence-corrected chi connectivity index (χ3v) is 12.9. The van der Waals surface area contributed by atoms with Gasteiger partial charge in [-0.1, -0.05) is 0 Å². The molecule has 0 spiro atoms. The van der Waals surface area contributed by atoms with Crippen LogP contribution in [0.5, 0.6) is 0 Å². The van der Waals surface area contributed by atoms with Crippen molar-refractivity contribution in [2.45, 2.75) is 211 Å². The van der Waals surface area contributed by atoms with Crippen LogP contribution in [-0.4, -0.2) is 186 Å². The fourth-order valence-corrected chi connectivity index (χ4v) is 9.80. The number of hydrogen-bond acceptors (Lipinski definition) is 19. The molecule has 0 aromatic rings. The molecule has 25 heteroatoms. The Labute approximate surface area is 430 Å². The van der Waals surface area contributed by atoms with Gasteiger partial charge >= 0.3 is 24.4 Å². The first-order valence-corrected chi connectivity index (χ1v) is 26.7. The average Bonchev–Trinajstić information content (AvgIpc) is 3.15. The van der Waals surface area contributed by atoms with Crippen LogP contribution in [0.15, 0.2) is 11.8 Å². The van der Waals surface area contributed by atoms with Crippen LogP contribution in [0.1, 0.15) is 124 Å². The van der Waals surface area contributed by atoms with Crippen molar-refractivity contribution in [2.75, 3.05) is 45.6 Å². The third-order valence-electron chi connectivity index (χ3n) is 10.7. The number of likely N-dealkylation sites (N-methyl/N-ethyl adjacent to an activating group) is 1. The smallest absolute Gasteiger partial charge is 0.410 e. The Morgan fingerprint density at radius 2 is 1.33 bits per heavy atom. The molecule has 72 heavy (non-hydrogen) atoms. The number of sulfonamides is 1. The van der Waals surface area contributed by atoms with Gasteiger partial charge in [0.25, 0.3) is 0 Å². The van der Waals surface area contributed by atoms with E-state index in [1.54, 1.807) is 89.2 Å². The highest BCUT2D eigenvalue weighted by Gasteiger charge is 2.57. The fourth-order valence-electron chi connectivity index (χ4n) is 8.10. The van der Waals surface area contributed by atoms with Crippen LogP contribution in [-0.2, 0) is 47.4 Å². The second kappa shape index (κ2) is 25.0. The van der Waals surface area contributed by atoms with Crippen molar-refractivity contribution < 1.29 is 80.3 Å². The Morgan fingerprint density at radius 3 is 1.88 bits per heavy atom. The summed E-state index contributed by atoms with van der Waals surface area (Å²) in [6, 6.07) is -5.01. The minimum Gasteiger partial charge on any atom is -0.491 e. The molecule has 0 bridgehead atoms. The van der Waals surface area contributed by atoms with Crippen LogP contribution >= 0.6 is 12.0 Å². The normalized spacial score (nSPS) is 28.6. The van der Waals surface area contributed by atoms with Gasteiger partial charge < -0.3 is 78.8 Å². The first kappa shape index (κ1) is 62.9. The molecule has 0 radical (unpaired) electrons. The zero-order valence-electron chi connectivity index (χ0n) is 45.3. The van der Waals surface area contributed by atoms with Gasteiger partial charge in [0, 0.05) is 36.8 Å². The topological polar surface area (TPSA) is 300 Å². The zero-order chi connectivity index (χ0) is 55.0. The second-order valence-corrected chi connectivity index (χ2v) is 27.1. The highest BCUT2D eigenvalue weighted by atomic mass is 32.2. The van der Waals surface area contributed by atoms with Crippen molar-refractivity contribution in [3.05, 3.63) is 11.8 Å². The van der Waals surface area contributed by atoms with E-state index in [1.807, 2.05) is 20.8 Å². The monoisotopic (exact) mass is 1070 g/mol. The molecule has 2 aliphatic heterocycles. The number of carbonyl (C=O) groups excluding carboxylic acids is 4. The Morgan fingerprint density at radius 1 is 0.792 bits per heavy atom. The molecule has 11 atom stereocenters. The maximum Gasteiger partial charge on any atom is 0.410 e. The molecule has 2 fully saturated rings. The lowest BCUT2D eigenvalue weighted by Gasteiger charge is -2.52. The number of aliphatic hydroxyl groups excluding tert-OH is 2. The van der Waals surface area contributed by atoms with E-state index in [2.05, 4.69) is 26.0 Å². The summed E-state index contributed by atoms with van der Waals surface area (Å²) >= 11 is 1.34. The maximum absolute atomic E-state index is 14.0. The van der Waals surface area contributed by atoms with Crippen LogP contribution in [0.4, 0.5) is 19.2 Å². The van der Waals surface area contributed by atoms with E-state index in [0.29, 0.717) is 18.9 Å². The molecule has 23 nitrogen and oxygen atoms in total. The van der Waals surface area contributed by atoms with Gasteiger partial charge in [0.1, 0.15) is 52.1 Å². The van der Waals surface area contributed by atoms with Gasteiger partial charge in [0.05, 0.1) is 49.7 Å². The van der Waals surface area contributed by atoms with E-state index in [9.17, 15) is 42.9 Å². The number of hydrogen-bond donors (Lipinski definition) is 8. The van der Waals surface area contributed by atoms with Crippen molar-refractivity contribution in [3.8, 4) is 0 Å². The number of amides is 4. The number of ether oxygens (including phenoxy) is 7. The van der Waals surface area contributed by atoms with E-state index >= 15 is 0 Å². The van der Waals surface area contributed by atoms with E-state index in [-0.39, 0.29) is 24.1 Å². The molecular formula is C47H86N6O17S2. The van der Waals surface area contributed by atoms with Crippen molar-refractivity contribution in [1.82, 2.24) is 30.9 Å². The van der Waals surface area contributed by atoms with Gasteiger partial charge in [0.2, 0.25) is 10.0 Å². The second-order valence-electron chi connectivity index (χ2n) is 23.6. The summed E-state index contributed by atoms with van der Waals surface area (Å²) in [5.41, 5.74) is -5.62. The number of alkyl carbamates (subject to hydrolysis) is 3. The number of nitrogens with one attached hydrogen (secondary N) is 5. The molecule has 0 aromatic carbocycles. The SMILES string of the molecule is CN(C(=O)OC(C)(C)C)[C@@H]1[C@@H](O)[C@@H](O[C@H]2[C@H](NS(=O)(=O)CCNC(=O)OC(C)(C)C)C[C@H](NC(=O)OC(C)(C)C)C([C@H]3OC(CNCCOSC(C)(C)C)=CC[C@H]3NC(=O)OC(C)(C)C)[C@@H]2O)OC[C@]1(C)O. The lowest BCUT2D eigenvalue weighted by Crippen LogP contribution is -2.71. The van der Waals surface area contributed by atoms with Gasteiger partial charge in [-0.15, -0.1) is 0 Å². The largest absolute Gasteiger partial charge is 0.491 e. The molecule has 1 saturated heterocycles. The number of nitrogens with zero attached hydrogens (tertiary/aromatic N) is 1. The van der Waals surface area contributed by atoms with Crippen LogP contribution < -0.4 is 26.0 Å². The average molecular weight is 1070 g/mol. The first-order valence-electron chi connectivity index (χ1n) is 24.3. The predicted octanol–water partition coefficient (Wildman–Crippen LogP) is 3.78. The molecule has 3 aliphatic rings. The van der Waals surface area contributed by atoms with Gasteiger partial charge in [-0.25, -0.2) is 32.3 Å². The minimum absolute atomic E-state index is 0.124. The highest BCUT2D eigenvalue weighted by molar-refractivity contribution is 7.96. The van der Waals surface area contributed by atoms with Crippen molar-refractivity contribution in [3.63, 3.8) is 0 Å². The summed E-state index contributed by atoms with van der Waals surface area (Å²) in [6.07, 6.45) is -10.2. The molecule has 1 aliphatic carbocycles. The van der Waals surface area contributed by atoms with Gasteiger partial charge in [-0.3, -0.25) is 0 Å². The third kappa shape index (κ3) is 21.4. The Kier molecular flexibility index (Phi) is 21.8. The zero-order valence-corrected chi connectivity index (χ0v) is 47.0. The van der Waals surface area contributed by atoms with Gasteiger partial charge in [-0.2, -0.15) is 0 Å². The van der Waals surface area contributed by atoms with E-state index in [1.165, 1.54) is 26.0 Å². The van der Waals surface area contributed by atoms with Crippen molar-refractivity contribution >= 4 is 46.4 Å². The summed E-state index contributed by atoms with van der Waals surface area (Å²) < 4.78 is 77.3. The van der Waals surface area contributed by atoms with Gasteiger partial charge in [-0.05, 0) is 142 Å². The first-order chi connectivity index (χ1) is 32.7. The molecule has 2 heterocycles. The lowest BCUT2D eigenvalue weighted by molar-refractivity contribution is -0.305. The molecule has 1 unspecified atom stereocenters. The van der Waals surface area contributed by atoms with Crippen LogP contribution in [0.3, 0.4) is 0 Å². The number of rotatable bonds is 17. The fraction of sp³-hybridized carbons (Fsp3) is 0.872. The Hall–Kier alpha value is -3.40. The molecule has 1 saturated carbocycles. The van der Waals surface area contributed by atoms with Crippen LogP contribution in [0.2, 0.25) is 0 Å². The van der Waals surface area contributed by atoms with E-state index in [0.717, 1.165) is 4.90 Å². The summed E-state index contributed by atoms with van der Waals surface area (Å²) in [7, 11) is -3.09. The summed E-state index contributed by atoms with van der Waals surface area (Å²) in [5.74, 6) is -1.54. The highest BCUT2D eigenvalue weighted by Crippen LogP contribution is 2.39. The lowest BCUT2D eigenvalue weighted by atomic mass is 9.72. The molecule has 418 valence electrons. The number of aliphatic hydroxyl groups is 3. The summed E-state index contributed by atoms with van der Waals surface area (Å²) in [6.45, 7) is 27.3. The molecular weight excluding hydrogens is 985 g/mol. The molecule has 0 aromatic heterocycles. The van der Waals surface area contributed by atoms with E-state index in [4.69, 9.17) is 37.3 Å². The Balaban J connectivity index is 2.17. The van der Waals surface area contributed by atoms with Gasteiger partial charge in [0.15, 0.2) is 6.29 Å². The maximum atomic E-state index is 14.0. The van der Waals surface area contributed by atoms with Crippen LogP contribution in [0.25, 0.3) is 0 Å². The van der Waals surface area contributed by atoms with Crippen molar-refractivity contribution in [2.24, 2.45) is 5.92 Å². The Bertz CT molecular complexity index is 1960. The molecule has 8 N–H and O–H groups in total. The minimum atomic E-state index is -4.41. The summed E-state index contributed by atoms with van der Waals surface area (Å²) in [5, 5.41) is 47.8. The predicted molar refractivity (Wildman–Crippen MR) is 268 cm³/mol. The molecule has 4 amide bonds. The molecule has 3 rings (SSSR count). The van der Waals surface area contributed by atoms with Crippen LogP contribution in [0, 0.1) is 5.92 Å². The standard InChI is InChI=1S/C47H86N6O17S2/c1-42(2,3)67-38(56)49-21-23-72(61,62)52-30-24-29(51-40(58)69-44(7,8)9)31(32(54)35(30)66-37-33(55)36(47(16,60)26-63-37)53(17)41(59)70-45(10,11)12)34-28(50-39(57)68-43(4,5)6)19-18-27(65-34)25-48-20-22-64-71-46(13,14)15/h18,28-37,48,52,54-55,60H,19-26H2,1-17H3,(H,49,56)(H,50,57)(H,51,58)/t28-,29+,30-,31?,32+,33-,34+,35+,36-,37-,47+/m1/s1.